The summed E-state index contributed by atoms with van der Waals surface area (Å²) in [5, 5.41) is 6.15. The van der Waals surface area contributed by atoms with Gasteiger partial charge in [0.15, 0.2) is 0 Å². The van der Waals surface area contributed by atoms with E-state index in [1.807, 2.05) is 25.1 Å². The molecule has 2 atom stereocenters. The Morgan fingerprint density at radius 2 is 2.10 bits per heavy atom. The Balaban J connectivity index is 2.55. The van der Waals surface area contributed by atoms with Gasteiger partial charge in [0.1, 0.15) is 5.75 Å². The van der Waals surface area contributed by atoms with Crippen LogP contribution in [0, 0.1) is 0 Å². The largest absolute Gasteiger partial charge is 0.496 e. The topological polar surface area (TPSA) is 50.4 Å². The van der Waals surface area contributed by atoms with E-state index < -0.39 is 0 Å². The smallest absolute Gasteiger partial charge is 0.234 e. The van der Waals surface area contributed by atoms with E-state index in [0.717, 1.165) is 22.2 Å². The standard InChI is InChI=1S/C15H23BrN2O2/c1-5-10(2)17-9-15(19)18-11(3)12-6-7-14(20-4)13(16)8-12/h6-8,10-11,17H,5,9H2,1-4H3,(H,18,19). The first-order chi connectivity index (χ1) is 9.47. The molecule has 1 rings (SSSR count). The summed E-state index contributed by atoms with van der Waals surface area (Å²) >= 11 is 3.45. The Morgan fingerprint density at radius 1 is 1.40 bits per heavy atom. The van der Waals surface area contributed by atoms with E-state index in [1.165, 1.54) is 0 Å². The maximum Gasteiger partial charge on any atom is 0.234 e. The molecular weight excluding hydrogens is 320 g/mol. The molecule has 0 saturated carbocycles. The lowest BCUT2D eigenvalue weighted by atomic mass is 10.1. The first-order valence-corrected chi connectivity index (χ1v) is 7.63. The van der Waals surface area contributed by atoms with Gasteiger partial charge in [0.05, 0.1) is 24.2 Å². The zero-order valence-corrected chi connectivity index (χ0v) is 14.1. The van der Waals surface area contributed by atoms with E-state index >= 15 is 0 Å². The number of hydrogen-bond acceptors (Lipinski definition) is 3. The second-order valence-corrected chi connectivity index (χ2v) is 5.73. The van der Waals surface area contributed by atoms with Crippen molar-refractivity contribution < 1.29 is 9.53 Å². The highest BCUT2D eigenvalue weighted by Crippen LogP contribution is 2.27. The van der Waals surface area contributed by atoms with Gasteiger partial charge >= 0.3 is 0 Å². The summed E-state index contributed by atoms with van der Waals surface area (Å²) in [5.74, 6) is 0.787. The van der Waals surface area contributed by atoms with Gasteiger partial charge in [-0.2, -0.15) is 0 Å². The average molecular weight is 343 g/mol. The number of amides is 1. The normalized spacial score (nSPS) is 13.7. The Bertz CT molecular complexity index is 451. The number of hydrogen-bond donors (Lipinski definition) is 2. The first-order valence-electron chi connectivity index (χ1n) is 6.84. The van der Waals surface area contributed by atoms with Crippen LogP contribution in [0.1, 0.15) is 38.8 Å². The minimum absolute atomic E-state index is 0.00439. The van der Waals surface area contributed by atoms with Gasteiger partial charge in [-0.25, -0.2) is 0 Å². The van der Waals surface area contributed by atoms with Gasteiger partial charge in [-0.05, 0) is 53.9 Å². The molecule has 1 aromatic carbocycles. The fourth-order valence-electron chi connectivity index (χ4n) is 1.74. The summed E-state index contributed by atoms with van der Waals surface area (Å²) in [6, 6.07) is 6.12. The molecule has 0 heterocycles. The van der Waals surface area contributed by atoms with Gasteiger partial charge in [-0.15, -0.1) is 0 Å². The van der Waals surface area contributed by atoms with E-state index in [0.29, 0.717) is 12.6 Å². The summed E-state index contributed by atoms with van der Waals surface area (Å²) < 4.78 is 6.08. The Hall–Kier alpha value is -1.07. The quantitative estimate of drug-likeness (QED) is 0.800. The Kier molecular flexibility index (Phi) is 7.02. The Morgan fingerprint density at radius 3 is 2.65 bits per heavy atom. The van der Waals surface area contributed by atoms with Crippen LogP contribution in [-0.2, 0) is 4.79 Å². The fraction of sp³-hybridized carbons (Fsp3) is 0.533. The van der Waals surface area contributed by atoms with Gasteiger partial charge in [-0.1, -0.05) is 13.0 Å². The number of carbonyl (C=O) groups is 1. The summed E-state index contributed by atoms with van der Waals surface area (Å²) in [7, 11) is 1.63. The Labute approximate surface area is 129 Å². The fourth-order valence-corrected chi connectivity index (χ4v) is 2.30. The van der Waals surface area contributed by atoms with E-state index in [-0.39, 0.29) is 11.9 Å². The molecule has 1 amide bonds. The zero-order valence-electron chi connectivity index (χ0n) is 12.5. The zero-order chi connectivity index (χ0) is 15.1. The molecular formula is C15H23BrN2O2. The van der Waals surface area contributed by atoms with E-state index in [2.05, 4.69) is 40.4 Å². The predicted octanol–water partition coefficient (Wildman–Crippen LogP) is 3.02. The van der Waals surface area contributed by atoms with Crippen LogP contribution >= 0.6 is 15.9 Å². The lowest BCUT2D eigenvalue weighted by Gasteiger charge is -2.17. The number of ether oxygens (including phenoxy) is 1. The number of carbonyl (C=O) groups excluding carboxylic acids is 1. The lowest BCUT2D eigenvalue weighted by molar-refractivity contribution is -0.121. The van der Waals surface area contributed by atoms with Crippen molar-refractivity contribution in [1.82, 2.24) is 10.6 Å². The molecule has 0 saturated heterocycles. The number of rotatable bonds is 7. The van der Waals surface area contributed by atoms with Crippen LogP contribution in [0.5, 0.6) is 5.75 Å². The molecule has 4 nitrogen and oxygen atoms in total. The van der Waals surface area contributed by atoms with Gasteiger partial charge in [0.25, 0.3) is 0 Å². The SMILES string of the molecule is CCC(C)NCC(=O)NC(C)c1ccc(OC)c(Br)c1. The molecule has 0 aromatic heterocycles. The third-order valence-corrected chi connectivity index (χ3v) is 3.90. The van der Waals surface area contributed by atoms with Gasteiger partial charge in [0, 0.05) is 6.04 Å². The molecule has 1 aromatic rings. The van der Waals surface area contributed by atoms with Crippen LogP contribution in [-0.4, -0.2) is 25.6 Å². The predicted molar refractivity (Wildman–Crippen MR) is 85.0 cm³/mol. The van der Waals surface area contributed by atoms with Crippen molar-refractivity contribution in [3.05, 3.63) is 28.2 Å². The monoisotopic (exact) mass is 342 g/mol. The van der Waals surface area contributed by atoms with Crippen LogP contribution in [0.15, 0.2) is 22.7 Å². The first kappa shape index (κ1) is 17.0. The van der Waals surface area contributed by atoms with Crippen molar-refractivity contribution >= 4 is 21.8 Å². The second kappa shape index (κ2) is 8.27. The second-order valence-electron chi connectivity index (χ2n) is 4.87. The molecule has 0 spiro atoms. The van der Waals surface area contributed by atoms with E-state index in [9.17, 15) is 4.79 Å². The molecule has 0 bridgehead atoms. The highest BCUT2D eigenvalue weighted by molar-refractivity contribution is 9.10. The highest BCUT2D eigenvalue weighted by atomic mass is 79.9. The summed E-state index contributed by atoms with van der Waals surface area (Å²) in [6.45, 7) is 6.47. The van der Waals surface area contributed by atoms with Crippen LogP contribution in [0.25, 0.3) is 0 Å². The third-order valence-electron chi connectivity index (χ3n) is 3.28. The van der Waals surface area contributed by atoms with Crippen LogP contribution in [0.4, 0.5) is 0 Å². The summed E-state index contributed by atoms with van der Waals surface area (Å²) in [6.07, 6.45) is 1.01. The third kappa shape index (κ3) is 5.13. The average Bonchev–Trinajstić information content (AvgIpc) is 2.44. The van der Waals surface area contributed by atoms with Crippen LogP contribution in [0.2, 0.25) is 0 Å². The summed E-state index contributed by atoms with van der Waals surface area (Å²) in [5.41, 5.74) is 1.04. The molecule has 2 N–H and O–H groups in total. The molecule has 5 heteroatoms. The number of benzene rings is 1. The molecule has 0 aliphatic rings. The van der Waals surface area contributed by atoms with Gasteiger partial charge in [0.2, 0.25) is 5.91 Å². The van der Waals surface area contributed by atoms with E-state index in [1.54, 1.807) is 7.11 Å². The van der Waals surface area contributed by atoms with Crippen LogP contribution in [0.3, 0.4) is 0 Å². The van der Waals surface area contributed by atoms with Crippen molar-refractivity contribution in [2.45, 2.75) is 39.3 Å². The molecule has 0 aliphatic heterocycles. The van der Waals surface area contributed by atoms with Crippen molar-refractivity contribution in [2.75, 3.05) is 13.7 Å². The molecule has 112 valence electrons. The molecule has 0 radical (unpaired) electrons. The molecule has 20 heavy (non-hydrogen) atoms. The number of methoxy groups -OCH3 is 1. The molecule has 2 unspecified atom stereocenters. The minimum Gasteiger partial charge on any atom is -0.496 e. The number of halogens is 1. The van der Waals surface area contributed by atoms with Gasteiger partial charge < -0.3 is 15.4 Å². The maximum absolute atomic E-state index is 11.8. The van der Waals surface area contributed by atoms with Crippen LogP contribution < -0.4 is 15.4 Å². The van der Waals surface area contributed by atoms with Crippen molar-refractivity contribution in [2.24, 2.45) is 0 Å². The lowest BCUT2D eigenvalue weighted by Crippen LogP contribution is -2.38. The van der Waals surface area contributed by atoms with E-state index in [4.69, 9.17) is 4.74 Å². The van der Waals surface area contributed by atoms with Crippen molar-refractivity contribution in [3.63, 3.8) is 0 Å². The molecule has 0 aliphatic carbocycles. The van der Waals surface area contributed by atoms with Crippen molar-refractivity contribution in [1.29, 1.82) is 0 Å². The minimum atomic E-state index is -0.0385. The number of nitrogens with one attached hydrogen (secondary N) is 2. The maximum atomic E-state index is 11.8. The van der Waals surface area contributed by atoms with Gasteiger partial charge in [-0.3, -0.25) is 4.79 Å². The van der Waals surface area contributed by atoms with Crippen molar-refractivity contribution in [3.8, 4) is 5.75 Å². The summed E-state index contributed by atoms with van der Waals surface area (Å²) in [4.78, 5) is 11.8. The molecule has 0 fully saturated rings. The highest BCUT2D eigenvalue weighted by Gasteiger charge is 2.11.